The van der Waals surface area contributed by atoms with Crippen LogP contribution in [0.5, 0.6) is 5.75 Å². The van der Waals surface area contributed by atoms with Gasteiger partial charge in [-0.3, -0.25) is 9.69 Å². The molecule has 1 aromatic rings. The third kappa shape index (κ3) is 5.76. The molecule has 1 aromatic carbocycles. The minimum atomic E-state index is -1.50. The zero-order valence-electron chi connectivity index (χ0n) is 16.3. The number of benzene rings is 1. The summed E-state index contributed by atoms with van der Waals surface area (Å²) < 4.78 is 5.14. The Morgan fingerprint density at radius 2 is 1.71 bits per heavy atom. The number of piperazine rings is 1. The number of rotatable bonds is 8. The average molecular weight is 394 g/mol. The molecule has 28 heavy (non-hydrogen) atoms. The summed E-state index contributed by atoms with van der Waals surface area (Å²) in [6.07, 6.45) is -0.654. The number of hydrogen-bond acceptors (Lipinski definition) is 7. The van der Waals surface area contributed by atoms with Crippen LogP contribution in [0.15, 0.2) is 30.3 Å². The first-order valence-corrected chi connectivity index (χ1v) is 9.34. The summed E-state index contributed by atoms with van der Waals surface area (Å²) >= 11 is 0. The van der Waals surface area contributed by atoms with Gasteiger partial charge in [0.05, 0.1) is 19.8 Å². The highest BCUT2D eigenvalue weighted by atomic mass is 16.5. The number of aliphatic hydroxyl groups excluding tert-OH is 4. The molecule has 1 fully saturated rings. The first-order valence-electron chi connectivity index (χ1n) is 9.34. The standard InChI is InChI=1S/C20H30N2O6/c1-14(24)21-9-11-22(12-10-21)17(19(26)20(27)18(25)13-23)8-5-15-3-6-16(28-2)7-4-15/h3-8,17-20,23,25-27H,9-13H2,1-2H3/b8-5+/t17?,18-,19-,20-/m1/s1. The fourth-order valence-corrected chi connectivity index (χ4v) is 3.25. The van der Waals surface area contributed by atoms with Crippen molar-refractivity contribution in [1.29, 1.82) is 0 Å². The molecular formula is C20H30N2O6. The van der Waals surface area contributed by atoms with E-state index in [2.05, 4.69) is 0 Å². The molecule has 1 amide bonds. The Hall–Kier alpha value is -1.97. The predicted molar refractivity (Wildman–Crippen MR) is 105 cm³/mol. The summed E-state index contributed by atoms with van der Waals surface area (Å²) in [6, 6.07) is 6.78. The summed E-state index contributed by atoms with van der Waals surface area (Å²) in [5, 5.41) is 39.7. The van der Waals surface area contributed by atoms with Crippen molar-refractivity contribution in [3.8, 4) is 5.75 Å². The maximum Gasteiger partial charge on any atom is 0.219 e. The van der Waals surface area contributed by atoms with Gasteiger partial charge in [-0.15, -0.1) is 0 Å². The van der Waals surface area contributed by atoms with Crippen LogP contribution in [0.1, 0.15) is 12.5 Å². The number of carbonyl (C=O) groups excluding carboxylic acids is 1. The predicted octanol–water partition coefficient (Wildman–Crippen LogP) is -0.684. The van der Waals surface area contributed by atoms with Gasteiger partial charge in [-0.2, -0.15) is 0 Å². The van der Waals surface area contributed by atoms with Crippen LogP contribution in [0.3, 0.4) is 0 Å². The van der Waals surface area contributed by atoms with Crippen LogP contribution in [-0.4, -0.2) is 100 Å². The lowest BCUT2D eigenvalue weighted by Gasteiger charge is -2.41. The van der Waals surface area contributed by atoms with Crippen molar-refractivity contribution >= 4 is 12.0 Å². The molecule has 4 atom stereocenters. The lowest BCUT2D eigenvalue weighted by molar-refractivity contribution is -0.132. The summed E-state index contributed by atoms with van der Waals surface area (Å²) in [7, 11) is 1.59. The van der Waals surface area contributed by atoms with Gasteiger partial charge in [0.25, 0.3) is 0 Å². The van der Waals surface area contributed by atoms with Gasteiger partial charge in [0.15, 0.2) is 0 Å². The highest BCUT2D eigenvalue weighted by Crippen LogP contribution is 2.18. The number of hydrogen-bond donors (Lipinski definition) is 4. The van der Waals surface area contributed by atoms with Gasteiger partial charge in [0, 0.05) is 33.1 Å². The molecule has 0 radical (unpaired) electrons. The maximum absolute atomic E-state index is 11.5. The Morgan fingerprint density at radius 1 is 1.11 bits per heavy atom. The van der Waals surface area contributed by atoms with E-state index in [9.17, 15) is 20.1 Å². The highest BCUT2D eigenvalue weighted by Gasteiger charge is 2.34. The van der Waals surface area contributed by atoms with Gasteiger partial charge < -0.3 is 30.1 Å². The third-order valence-electron chi connectivity index (χ3n) is 5.06. The fraction of sp³-hybridized carbons (Fsp3) is 0.550. The average Bonchev–Trinajstić information content (AvgIpc) is 2.73. The number of ether oxygens (including phenoxy) is 1. The number of aliphatic hydroxyl groups is 4. The molecule has 0 aliphatic carbocycles. The second-order valence-corrected chi connectivity index (χ2v) is 6.90. The molecule has 1 aliphatic heterocycles. The lowest BCUT2D eigenvalue weighted by atomic mass is 9.98. The van der Waals surface area contributed by atoms with Crippen LogP contribution in [0.25, 0.3) is 6.08 Å². The molecule has 1 aliphatic rings. The summed E-state index contributed by atoms with van der Waals surface area (Å²) in [4.78, 5) is 15.2. The second kappa shape index (κ2) is 10.5. The topological polar surface area (TPSA) is 114 Å². The molecule has 4 N–H and O–H groups in total. The minimum absolute atomic E-state index is 0.00117. The molecule has 1 unspecified atom stereocenters. The number of carbonyl (C=O) groups is 1. The lowest BCUT2D eigenvalue weighted by Crippen LogP contribution is -2.57. The smallest absolute Gasteiger partial charge is 0.219 e. The zero-order chi connectivity index (χ0) is 20.7. The van der Waals surface area contributed by atoms with Gasteiger partial charge in [0.1, 0.15) is 24.1 Å². The molecular weight excluding hydrogens is 364 g/mol. The first kappa shape index (κ1) is 22.3. The molecule has 1 heterocycles. The Morgan fingerprint density at radius 3 is 2.21 bits per heavy atom. The summed E-state index contributed by atoms with van der Waals surface area (Å²) in [5.41, 5.74) is 0.887. The molecule has 2 rings (SSSR count). The fourth-order valence-electron chi connectivity index (χ4n) is 3.25. The van der Waals surface area contributed by atoms with E-state index in [1.165, 1.54) is 6.92 Å². The van der Waals surface area contributed by atoms with Crippen molar-refractivity contribution in [2.75, 3.05) is 39.9 Å². The Balaban J connectivity index is 2.17. The van der Waals surface area contributed by atoms with Crippen molar-refractivity contribution in [3.63, 3.8) is 0 Å². The van der Waals surface area contributed by atoms with E-state index in [1.54, 1.807) is 18.1 Å². The van der Waals surface area contributed by atoms with Crippen LogP contribution >= 0.6 is 0 Å². The van der Waals surface area contributed by atoms with Crippen LogP contribution < -0.4 is 4.74 Å². The first-order chi connectivity index (χ1) is 13.4. The van der Waals surface area contributed by atoms with Crippen molar-refractivity contribution in [3.05, 3.63) is 35.9 Å². The molecule has 8 nitrogen and oxygen atoms in total. The molecule has 8 heteroatoms. The van der Waals surface area contributed by atoms with Gasteiger partial charge in [-0.1, -0.05) is 24.3 Å². The Kier molecular flexibility index (Phi) is 8.40. The monoisotopic (exact) mass is 394 g/mol. The quantitative estimate of drug-likeness (QED) is 0.462. The van der Waals surface area contributed by atoms with E-state index in [4.69, 9.17) is 9.84 Å². The SMILES string of the molecule is COc1ccc(/C=C/C([C@@H](O)[C@H](O)[C@H](O)CO)N2CCN(C(C)=O)CC2)cc1. The molecule has 156 valence electrons. The molecule has 0 aromatic heterocycles. The summed E-state index contributed by atoms with van der Waals surface area (Å²) in [5.74, 6) is 0.733. The van der Waals surface area contributed by atoms with Crippen LogP contribution in [0.4, 0.5) is 0 Å². The number of nitrogens with zero attached hydrogens (tertiary/aromatic N) is 2. The van der Waals surface area contributed by atoms with E-state index in [1.807, 2.05) is 35.2 Å². The molecule has 0 saturated carbocycles. The van der Waals surface area contributed by atoms with E-state index < -0.39 is 31.0 Å². The van der Waals surface area contributed by atoms with Crippen molar-refractivity contribution in [1.82, 2.24) is 9.80 Å². The van der Waals surface area contributed by atoms with Gasteiger partial charge in [-0.25, -0.2) is 0 Å². The summed E-state index contributed by atoms with van der Waals surface area (Å²) in [6.45, 7) is 2.96. The largest absolute Gasteiger partial charge is 0.497 e. The van der Waals surface area contributed by atoms with Crippen LogP contribution in [-0.2, 0) is 4.79 Å². The van der Waals surface area contributed by atoms with Crippen molar-refractivity contribution < 1.29 is 30.0 Å². The van der Waals surface area contributed by atoms with E-state index >= 15 is 0 Å². The van der Waals surface area contributed by atoms with Crippen LogP contribution in [0.2, 0.25) is 0 Å². The van der Waals surface area contributed by atoms with Gasteiger partial charge >= 0.3 is 0 Å². The van der Waals surface area contributed by atoms with Crippen molar-refractivity contribution in [2.24, 2.45) is 0 Å². The van der Waals surface area contributed by atoms with E-state index in [0.717, 1.165) is 11.3 Å². The number of methoxy groups -OCH3 is 1. The van der Waals surface area contributed by atoms with Crippen LogP contribution in [0, 0.1) is 0 Å². The third-order valence-corrected chi connectivity index (χ3v) is 5.06. The molecule has 1 saturated heterocycles. The van der Waals surface area contributed by atoms with Gasteiger partial charge in [0.2, 0.25) is 5.91 Å². The maximum atomic E-state index is 11.5. The Labute approximate surface area is 165 Å². The molecule has 0 spiro atoms. The van der Waals surface area contributed by atoms with Gasteiger partial charge in [-0.05, 0) is 17.7 Å². The molecule has 0 bridgehead atoms. The highest BCUT2D eigenvalue weighted by molar-refractivity contribution is 5.73. The normalized spacial score (nSPS) is 20.0. The van der Waals surface area contributed by atoms with E-state index in [-0.39, 0.29) is 5.91 Å². The van der Waals surface area contributed by atoms with E-state index in [0.29, 0.717) is 26.2 Å². The van der Waals surface area contributed by atoms with Crippen molar-refractivity contribution in [2.45, 2.75) is 31.3 Å². The zero-order valence-corrected chi connectivity index (χ0v) is 16.3. The Bertz CT molecular complexity index is 643. The second-order valence-electron chi connectivity index (χ2n) is 6.90. The number of amides is 1. The minimum Gasteiger partial charge on any atom is -0.497 e.